The van der Waals surface area contributed by atoms with E-state index in [0.717, 1.165) is 0 Å². The van der Waals surface area contributed by atoms with Crippen LogP contribution >= 0.6 is 0 Å². The number of esters is 2. The van der Waals surface area contributed by atoms with E-state index in [9.17, 15) is 9.59 Å². The van der Waals surface area contributed by atoms with E-state index < -0.39 is 37.1 Å². The lowest BCUT2D eigenvalue weighted by molar-refractivity contribution is -0.216. The van der Waals surface area contributed by atoms with E-state index in [1.807, 2.05) is 0 Å². The topological polar surface area (TPSA) is 112 Å². The zero-order valence-electron chi connectivity index (χ0n) is 13.5. The zero-order chi connectivity index (χ0) is 17.1. The van der Waals surface area contributed by atoms with Gasteiger partial charge in [-0.25, -0.2) is 0 Å². The minimum atomic E-state index is -1.01. The minimum absolute atomic E-state index is 0.139. The van der Waals surface area contributed by atoms with Gasteiger partial charge in [0, 0.05) is 12.8 Å². The predicted octanol–water partition coefficient (Wildman–Crippen LogP) is 1.03. The predicted molar refractivity (Wildman–Crippen MR) is 75.1 cm³/mol. The van der Waals surface area contributed by atoms with Gasteiger partial charge in [0.1, 0.15) is 0 Å². The van der Waals surface area contributed by atoms with Crippen molar-refractivity contribution < 1.29 is 38.7 Å². The van der Waals surface area contributed by atoms with Crippen molar-refractivity contribution >= 4 is 11.9 Å². The highest BCUT2D eigenvalue weighted by Gasteiger charge is 2.14. The molecule has 0 fully saturated rings. The Morgan fingerprint density at radius 1 is 0.773 bits per heavy atom. The van der Waals surface area contributed by atoms with Gasteiger partial charge in [0.05, 0.1) is 0 Å². The van der Waals surface area contributed by atoms with Crippen LogP contribution in [-0.4, -0.2) is 47.3 Å². The molecule has 0 radical (unpaired) electrons. The average molecular weight is 322 g/mol. The Morgan fingerprint density at radius 2 is 1.09 bits per heavy atom. The van der Waals surface area contributed by atoms with Crippen LogP contribution in [0.5, 0.6) is 0 Å². The first-order chi connectivity index (χ1) is 10.2. The fraction of sp³-hybridized carbons (Fsp3) is 0.857. The van der Waals surface area contributed by atoms with E-state index in [2.05, 4.69) is 0 Å². The number of hydrogen-bond donors (Lipinski definition) is 2. The Kier molecular flexibility index (Phi) is 10.7. The highest BCUT2D eigenvalue weighted by atomic mass is 16.7. The third-order valence-corrected chi connectivity index (χ3v) is 2.38. The van der Waals surface area contributed by atoms with Crippen molar-refractivity contribution in [2.75, 3.05) is 0 Å². The second kappa shape index (κ2) is 11.4. The summed E-state index contributed by atoms with van der Waals surface area (Å²) in [6, 6.07) is 0. The summed E-state index contributed by atoms with van der Waals surface area (Å²) in [6.07, 6.45) is -2.47. The SMILES string of the molecule is CC(O)OC(C)OC(=O)CCCCC(=O)OC(C)OC(C)O. The molecule has 8 nitrogen and oxygen atoms in total. The molecule has 0 amide bonds. The van der Waals surface area contributed by atoms with Gasteiger partial charge in [0.2, 0.25) is 12.6 Å². The molecule has 4 unspecified atom stereocenters. The molecule has 8 heteroatoms. The summed E-state index contributed by atoms with van der Waals surface area (Å²) in [4.78, 5) is 22.9. The van der Waals surface area contributed by atoms with Gasteiger partial charge in [-0.3, -0.25) is 9.59 Å². The highest BCUT2D eigenvalue weighted by molar-refractivity contribution is 5.70. The smallest absolute Gasteiger partial charge is 0.308 e. The normalized spacial score (nSPS) is 16.5. The molecule has 2 N–H and O–H groups in total. The van der Waals surface area contributed by atoms with Crippen LogP contribution in [0.2, 0.25) is 0 Å². The third kappa shape index (κ3) is 12.5. The Labute approximate surface area is 130 Å². The maximum absolute atomic E-state index is 11.4. The van der Waals surface area contributed by atoms with E-state index in [0.29, 0.717) is 12.8 Å². The van der Waals surface area contributed by atoms with Crippen molar-refractivity contribution in [1.82, 2.24) is 0 Å². The Bertz CT molecular complexity index is 297. The van der Waals surface area contributed by atoms with E-state index in [4.69, 9.17) is 29.2 Å². The molecule has 0 saturated heterocycles. The largest absolute Gasteiger partial charge is 0.436 e. The number of unbranched alkanes of at least 4 members (excludes halogenated alkanes) is 1. The fourth-order valence-electron chi connectivity index (χ4n) is 1.64. The number of hydrogen-bond acceptors (Lipinski definition) is 8. The van der Waals surface area contributed by atoms with Gasteiger partial charge in [-0.15, -0.1) is 0 Å². The van der Waals surface area contributed by atoms with Gasteiger partial charge in [-0.2, -0.15) is 0 Å². The first-order valence-corrected chi connectivity index (χ1v) is 7.26. The first-order valence-electron chi connectivity index (χ1n) is 7.26. The number of carbonyl (C=O) groups is 2. The maximum atomic E-state index is 11.4. The lowest BCUT2D eigenvalue weighted by Crippen LogP contribution is -2.23. The summed E-state index contributed by atoms with van der Waals surface area (Å²) >= 11 is 0. The van der Waals surface area contributed by atoms with Crippen molar-refractivity contribution in [1.29, 1.82) is 0 Å². The lowest BCUT2D eigenvalue weighted by atomic mass is 10.2. The van der Waals surface area contributed by atoms with Gasteiger partial charge in [-0.1, -0.05) is 0 Å². The molecule has 0 aliphatic carbocycles. The Morgan fingerprint density at radius 3 is 1.36 bits per heavy atom. The number of rotatable bonds is 11. The van der Waals surface area contributed by atoms with Crippen molar-refractivity contribution in [2.45, 2.75) is 78.5 Å². The van der Waals surface area contributed by atoms with E-state index in [1.165, 1.54) is 27.7 Å². The van der Waals surface area contributed by atoms with Gasteiger partial charge in [-0.05, 0) is 40.5 Å². The molecule has 0 saturated carbocycles. The Balaban J connectivity index is 3.70. The molecule has 0 spiro atoms. The summed E-state index contributed by atoms with van der Waals surface area (Å²) in [5.41, 5.74) is 0. The van der Waals surface area contributed by atoms with Crippen molar-refractivity contribution in [3.05, 3.63) is 0 Å². The standard InChI is InChI=1S/C14H26O8/c1-9(15)19-11(3)21-13(17)7-5-6-8-14(18)22-12(4)20-10(2)16/h9-12,15-16H,5-8H2,1-4H3. The minimum Gasteiger partial charge on any atom is -0.436 e. The molecule has 0 aromatic carbocycles. The van der Waals surface area contributed by atoms with Gasteiger partial charge in [0.15, 0.2) is 12.6 Å². The van der Waals surface area contributed by atoms with Crippen LogP contribution in [0.3, 0.4) is 0 Å². The molecule has 0 aliphatic rings. The summed E-state index contributed by atoms with van der Waals surface area (Å²) < 4.78 is 19.5. The molecule has 4 atom stereocenters. The Hall–Kier alpha value is -1.22. The number of aliphatic hydroxyl groups excluding tert-OH is 2. The molecule has 0 aliphatic heterocycles. The highest BCUT2D eigenvalue weighted by Crippen LogP contribution is 2.07. The quantitative estimate of drug-likeness (QED) is 0.330. The van der Waals surface area contributed by atoms with Crippen LogP contribution in [0.1, 0.15) is 53.4 Å². The van der Waals surface area contributed by atoms with E-state index >= 15 is 0 Å². The van der Waals surface area contributed by atoms with Crippen LogP contribution in [-0.2, 0) is 28.5 Å². The molecule has 0 aromatic heterocycles. The zero-order valence-corrected chi connectivity index (χ0v) is 13.5. The van der Waals surface area contributed by atoms with Crippen LogP contribution in [0.25, 0.3) is 0 Å². The molecular formula is C14H26O8. The van der Waals surface area contributed by atoms with E-state index in [1.54, 1.807) is 0 Å². The van der Waals surface area contributed by atoms with Crippen molar-refractivity contribution in [2.24, 2.45) is 0 Å². The molecular weight excluding hydrogens is 296 g/mol. The summed E-state index contributed by atoms with van der Waals surface area (Å²) in [6.45, 7) is 5.84. The number of aliphatic hydroxyl groups is 2. The van der Waals surface area contributed by atoms with Gasteiger partial charge < -0.3 is 29.2 Å². The second-order valence-electron chi connectivity index (χ2n) is 4.79. The fourth-order valence-corrected chi connectivity index (χ4v) is 1.64. The summed E-state index contributed by atoms with van der Waals surface area (Å²) in [7, 11) is 0. The van der Waals surface area contributed by atoms with Crippen molar-refractivity contribution in [3.8, 4) is 0 Å². The third-order valence-electron chi connectivity index (χ3n) is 2.38. The summed E-state index contributed by atoms with van der Waals surface area (Å²) in [5, 5.41) is 17.9. The number of ether oxygens (including phenoxy) is 4. The lowest BCUT2D eigenvalue weighted by Gasteiger charge is -2.16. The maximum Gasteiger partial charge on any atom is 0.308 e. The van der Waals surface area contributed by atoms with Gasteiger partial charge >= 0.3 is 11.9 Å². The molecule has 0 aromatic rings. The van der Waals surface area contributed by atoms with Crippen LogP contribution in [0.4, 0.5) is 0 Å². The summed E-state index contributed by atoms with van der Waals surface area (Å²) in [5.74, 6) is -0.931. The molecule has 130 valence electrons. The molecule has 0 rings (SSSR count). The molecule has 0 bridgehead atoms. The average Bonchev–Trinajstić information content (AvgIpc) is 2.32. The number of carbonyl (C=O) groups excluding carboxylic acids is 2. The van der Waals surface area contributed by atoms with Crippen molar-refractivity contribution in [3.63, 3.8) is 0 Å². The van der Waals surface area contributed by atoms with E-state index in [-0.39, 0.29) is 12.8 Å². The molecule has 22 heavy (non-hydrogen) atoms. The van der Waals surface area contributed by atoms with Crippen LogP contribution in [0, 0.1) is 0 Å². The van der Waals surface area contributed by atoms with Gasteiger partial charge in [0.25, 0.3) is 0 Å². The molecule has 0 heterocycles. The first kappa shape index (κ1) is 20.8. The van der Waals surface area contributed by atoms with Crippen LogP contribution < -0.4 is 0 Å². The second-order valence-corrected chi connectivity index (χ2v) is 4.79. The monoisotopic (exact) mass is 322 g/mol. The van der Waals surface area contributed by atoms with Crippen LogP contribution in [0.15, 0.2) is 0 Å².